The molecule has 220 valence electrons. The molecule has 1 saturated heterocycles. The van der Waals surface area contributed by atoms with Crippen molar-refractivity contribution in [3.63, 3.8) is 0 Å². The average Bonchev–Trinajstić information content (AvgIpc) is 3.28. The fourth-order valence-corrected chi connectivity index (χ4v) is 7.07. The van der Waals surface area contributed by atoms with Gasteiger partial charge in [0.15, 0.2) is 0 Å². The largest absolute Gasteiger partial charge is 0.416 e. The molecule has 2 fully saturated rings. The SMILES string of the molecule is CC(CCC(=O)NC=O)N1Cc2nc(C3CCN(Cc4ccc(C(F)(F)F)cc4)CC34CCCCC4)ccc2C1=O. The van der Waals surface area contributed by atoms with Crippen molar-refractivity contribution in [2.45, 2.75) is 89.5 Å². The van der Waals surface area contributed by atoms with Crippen LogP contribution in [0.1, 0.15) is 97.1 Å². The number of halogens is 3. The Hall–Kier alpha value is -3.27. The molecule has 1 aliphatic carbocycles. The smallest absolute Gasteiger partial charge is 0.330 e. The zero-order valence-corrected chi connectivity index (χ0v) is 23.4. The lowest BCUT2D eigenvalue weighted by atomic mass is 9.61. The summed E-state index contributed by atoms with van der Waals surface area (Å²) in [4.78, 5) is 44.5. The molecular formula is C31H37F3N4O3. The summed E-state index contributed by atoms with van der Waals surface area (Å²) >= 11 is 0. The predicted octanol–water partition coefficient (Wildman–Crippen LogP) is 5.44. The second-order valence-electron chi connectivity index (χ2n) is 11.9. The number of fused-ring (bicyclic) bond motifs is 1. The van der Waals surface area contributed by atoms with Crippen LogP contribution in [0.15, 0.2) is 36.4 Å². The second kappa shape index (κ2) is 11.9. The minimum atomic E-state index is -4.33. The average molecular weight is 571 g/mol. The summed E-state index contributed by atoms with van der Waals surface area (Å²) < 4.78 is 39.0. The Bertz CT molecular complexity index is 1270. The van der Waals surface area contributed by atoms with E-state index in [1.54, 1.807) is 17.0 Å². The fraction of sp³-hybridized carbons (Fsp3) is 0.548. The van der Waals surface area contributed by atoms with Gasteiger partial charge in [-0.05, 0) is 74.4 Å². The summed E-state index contributed by atoms with van der Waals surface area (Å²) in [6.45, 7) is 4.64. The number of carbonyl (C=O) groups is 3. The molecule has 2 atom stereocenters. The van der Waals surface area contributed by atoms with Crippen molar-refractivity contribution in [3.8, 4) is 0 Å². The molecule has 0 bridgehead atoms. The molecule has 1 N–H and O–H groups in total. The summed E-state index contributed by atoms with van der Waals surface area (Å²) in [5, 5.41) is 2.14. The van der Waals surface area contributed by atoms with Gasteiger partial charge >= 0.3 is 6.18 Å². The highest BCUT2D eigenvalue weighted by atomic mass is 19.4. The highest BCUT2D eigenvalue weighted by Gasteiger charge is 2.45. The molecule has 2 aromatic rings. The van der Waals surface area contributed by atoms with Crippen LogP contribution in [0, 0.1) is 5.41 Å². The lowest BCUT2D eigenvalue weighted by Crippen LogP contribution is -2.48. The summed E-state index contributed by atoms with van der Waals surface area (Å²) in [7, 11) is 0. The Morgan fingerprint density at radius 3 is 2.56 bits per heavy atom. The van der Waals surface area contributed by atoms with Gasteiger partial charge in [0.1, 0.15) is 0 Å². The third kappa shape index (κ3) is 6.32. The fourth-order valence-electron chi connectivity index (χ4n) is 7.07. The van der Waals surface area contributed by atoms with Gasteiger partial charge < -0.3 is 4.90 Å². The molecule has 5 rings (SSSR count). The maximum Gasteiger partial charge on any atom is 0.416 e. The van der Waals surface area contributed by atoms with Gasteiger partial charge in [-0.3, -0.25) is 29.6 Å². The van der Waals surface area contributed by atoms with Crippen LogP contribution in [0.4, 0.5) is 13.2 Å². The summed E-state index contributed by atoms with van der Waals surface area (Å²) in [6, 6.07) is 9.24. The van der Waals surface area contributed by atoms with Gasteiger partial charge in [0.2, 0.25) is 12.3 Å². The molecule has 1 spiro atoms. The maximum atomic E-state index is 13.1. The number of benzene rings is 1. The Morgan fingerprint density at radius 2 is 1.88 bits per heavy atom. The summed E-state index contributed by atoms with van der Waals surface area (Å²) in [5.74, 6) is -0.189. The number of nitrogens with one attached hydrogen (secondary N) is 1. The number of amides is 3. The Labute approximate surface area is 238 Å². The molecule has 1 aromatic heterocycles. The molecule has 2 unspecified atom stereocenters. The summed E-state index contributed by atoms with van der Waals surface area (Å²) in [6.07, 6.45) is 3.24. The van der Waals surface area contributed by atoms with E-state index in [2.05, 4.69) is 10.2 Å². The van der Waals surface area contributed by atoms with E-state index < -0.39 is 11.7 Å². The molecular weight excluding hydrogens is 533 g/mol. The highest BCUT2D eigenvalue weighted by Crippen LogP contribution is 2.51. The van der Waals surface area contributed by atoms with E-state index in [1.165, 1.54) is 18.6 Å². The van der Waals surface area contributed by atoms with Crippen molar-refractivity contribution < 1.29 is 27.6 Å². The van der Waals surface area contributed by atoms with Crippen molar-refractivity contribution >= 4 is 18.2 Å². The highest BCUT2D eigenvalue weighted by molar-refractivity contribution is 5.98. The first-order valence-electron chi connectivity index (χ1n) is 14.5. The summed E-state index contributed by atoms with van der Waals surface area (Å²) in [5.41, 5.74) is 2.71. The van der Waals surface area contributed by atoms with Gasteiger partial charge in [-0.25, -0.2) is 0 Å². The standard InChI is InChI=1S/C31H37F3N4O3/c1-21(5-12-28(40)35-20-39)38-18-27-24(29(38)41)10-11-26(36-27)25-13-16-37(19-30(25)14-3-2-4-15-30)17-22-6-8-23(9-7-22)31(32,33)34/h6-11,20-21,25H,2-5,12-19H2,1H3,(H,35,39,40). The normalized spacial score (nSPS) is 21.5. The van der Waals surface area contributed by atoms with E-state index in [0.29, 0.717) is 31.5 Å². The van der Waals surface area contributed by atoms with E-state index in [0.717, 1.165) is 62.1 Å². The van der Waals surface area contributed by atoms with Gasteiger partial charge in [-0.2, -0.15) is 13.2 Å². The number of hydrogen-bond acceptors (Lipinski definition) is 5. The zero-order chi connectivity index (χ0) is 29.2. The number of rotatable bonds is 8. The van der Waals surface area contributed by atoms with Crippen LogP contribution in [-0.4, -0.2) is 52.1 Å². The van der Waals surface area contributed by atoms with Crippen LogP contribution in [-0.2, 0) is 28.9 Å². The molecule has 2 aliphatic heterocycles. The van der Waals surface area contributed by atoms with E-state index >= 15 is 0 Å². The molecule has 7 nitrogen and oxygen atoms in total. The molecule has 0 radical (unpaired) electrons. The van der Waals surface area contributed by atoms with Crippen LogP contribution in [0.5, 0.6) is 0 Å². The number of imide groups is 1. The molecule has 1 aromatic carbocycles. The van der Waals surface area contributed by atoms with Crippen molar-refractivity contribution in [2.75, 3.05) is 13.1 Å². The van der Waals surface area contributed by atoms with E-state index in [-0.39, 0.29) is 35.6 Å². The maximum absolute atomic E-state index is 13.1. The molecule has 10 heteroatoms. The molecule has 1 saturated carbocycles. The molecule has 3 heterocycles. The number of piperidine rings is 1. The number of likely N-dealkylation sites (tertiary alicyclic amines) is 1. The van der Waals surface area contributed by atoms with Crippen LogP contribution in [0.25, 0.3) is 0 Å². The topological polar surface area (TPSA) is 82.6 Å². The monoisotopic (exact) mass is 570 g/mol. The second-order valence-corrected chi connectivity index (χ2v) is 11.9. The van der Waals surface area contributed by atoms with E-state index in [1.807, 2.05) is 19.1 Å². The Balaban J connectivity index is 1.29. The molecule has 3 aliphatic rings. The third-order valence-electron chi connectivity index (χ3n) is 9.25. The van der Waals surface area contributed by atoms with E-state index in [4.69, 9.17) is 4.98 Å². The first-order chi connectivity index (χ1) is 19.6. The predicted molar refractivity (Wildman–Crippen MR) is 147 cm³/mol. The lowest BCUT2D eigenvalue weighted by Gasteiger charge is -2.50. The van der Waals surface area contributed by atoms with Crippen molar-refractivity contribution in [3.05, 3.63) is 64.5 Å². The van der Waals surface area contributed by atoms with Crippen molar-refractivity contribution in [1.29, 1.82) is 0 Å². The zero-order valence-electron chi connectivity index (χ0n) is 23.4. The van der Waals surface area contributed by atoms with Crippen molar-refractivity contribution in [1.82, 2.24) is 20.1 Å². The first kappa shape index (κ1) is 29.2. The number of carbonyl (C=O) groups excluding carboxylic acids is 3. The lowest BCUT2D eigenvalue weighted by molar-refractivity contribution is -0.137. The third-order valence-corrected chi connectivity index (χ3v) is 9.25. The van der Waals surface area contributed by atoms with Gasteiger partial charge in [-0.15, -0.1) is 0 Å². The van der Waals surface area contributed by atoms with E-state index in [9.17, 15) is 27.6 Å². The Morgan fingerprint density at radius 1 is 1.15 bits per heavy atom. The van der Waals surface area contributed by atoms with Gasteiger partial charge in [0, 0.05) is 37.2 Å². The van der Waals surface area contributed by atoms with Crippen LogP contribution in [0.3, 0.4) is 0 Å². The number of pyridine rings is 1. The number of aromatic nitrogens is 1. The quantitative estimate of drug-likeness (QED) is 0.428. The molecule has 3 amide bonds. The van der Waals surface area contributed by atoms with Gasteiger partial charge in [-0.1, -0.05) is 31.4 Å². The van der Waals surface area contributed by atoms with Crippen LogP contribution in [0.2, 0.25) is 0 Å². The minimum absolute atomic E-state index is 0.0468. The van der Waals surface area contributed by atoms with Gasteiger partial charge in [0.25, 0.3) is 5.91 Å². The first-order valence-corrected chi connectivity index (χ1v) is 14.5. The number of alkyl halides is 3. The van der Waals surface area contributed by atoms with Crippen molar-refractivity contribution in [2.24, 2.45) is 5.41 Å². The Kier molecular flexibility index (Phi) is 8.50. The number of nitrogens with zero attached hydrogens (tertiary/aromatic N) is 3. The van der Waals surface area contributed by atoms with Crippen LogP contribution < -0.4 is 5.32 Å². The molecule has 41 heavy (non-hydrogen) atoms. The number of hydrogen-bond donors (Lipinski definition) is 1. The van der Waals surface area contributed by atoms with Crippen LogP contribution >= 0.6 is 0 Å². The van der Waals surface area contributed by atoms with Gasteiger partial charge in [0.05, 0.1) is 23.4 Å². The minimum Gasteiger partial charge on any atom is -0.330 e.